The van der Waals surface area contributed by atoms with E-state index in [0.29, 0.717) is 0 Å². The van der Waals surface area contributed by atoms with Gasteiger partial charge in [-0.1, -0.05) is 107 Å². The SMILES string of the molecule is CCCCCCCCCCCCc1cccc(N)c1-c1ccccc1. The Kier molecular flexibility index (Phi) is 9.18. The fraction of sp³-hybridized carbons (Fsp3) is 0.500. The number of hydrogen-bond acceptors (Lipinski definition) is 1. The first-order valence-electron chi connectivity index (χ1n) is 10.3. The van der Waals surface area contributed by atoms with Gasteiger partial charge in [0.1, 0.15) is 0 Å². The summed E-state index contributed by atoms with van der Waals surface area (Å²) in [6, 6.07) is 16.9. The molecule has 0 radical (unpaired) electrons. The van der Waals surface area contributed by atoms with Crippen molar-refractivity contribution >= 4 is 5.69 Å². The molecule has 0 aliphatic carbocycles. The van der Waals surface area contributed by atoms with E-state index in [1.54, 1.807) is 0 Å². The van der Waals surface area contributed by atoms with E-state index < -0.39 is 0 Å². The molecule has 0 aromatic heterocycles. The number of hydrogen-bond donors (Lipinski definition) is 1. The van der Waals surface area contributed by atoms with Crippen molar-refractivity contribution in [2.75, 3.05) is 5.73 Å². The Labute approximate surface area is 154 Å². The van der Waals surface area contributed by atoms with E-state index in [1.807, 2.05) is 6.07 Å². The topological polar surface area (TPSA) is 26.0 Å². The summed E-state index contributed by atoms with van der Waals surface area (Å²) in [6.07, 6.45) is 14.9. The molecule has 0 spiro atoms. The number of anilines is 1. The molecule has 1 heteroatoms. The van der Waals surface area contributed by atoms with Crippen molar-refractivity contribution in [1.82, 2.24) is 0 Å². The molecule has 2 aromatic rings. The largest absolute Gasteiger partial charge is 0.398 e. The summed E-state index contributed by atoms with van der Waals surface area (Å²) in [5, 5.41) is 0. The van der Waals surface area contributed by atoms with E-state index in [-0.39, 0.29) is 0 Å². The number of unbranched alkanes of at least 4 members (excludes halogenated alkanes) is 9. The highest BCUT2D eigenvalue weighted by Gasteiger charge is 2.08. The second-order valence-corrected chi connectivity index (χ2v) is 7.18. The van der Waals surface area contributed by atoms with Crippen LogP contribution in [0.5, 0.6) is 0 Å². The van der Waals surface area contributed by atoms with Gasteiger partial charge in [0.2, 0.25) is 0 Å². The van der Waals surface area contributed by atoms with E-state index in [1.165, 1.54) is 80.9 Å². The van der Waals surface area contributed by atoms with Crippen molar-refractivity contribution < 1.29 is 0 Å². The molecule has 0 aliphatic rings. The van der Waals surface area contributed by atoms with E-state index >= 15 is 0 Å². The first kappa shape index (κ1) is 19.6. The fourth-order valence-electron chi connectivity index (χ4n) is 3.59. The zero-order valence-electron chi connectivity index (χ0n) is 16.0. The second kappa shape index (κ2) is 11.7. The van der Waals surface area contributed by atoms with Gasteiger partial charge in [-0.3, -0.25) is 0 Å². The second-order valence-electron chi connectivity index (χ2n) is 7.18. The van der Waals surface area contributed by atoms with Gasteiger partial charge < -0.3 is 5.73 Å². The molecule has 25 heavy (non-hydrogen) atoms. The standard InChI is InChI=1S/C24H35N/c1-2-3-4-5-6-7-8-9-10-12-16-22-19-15-20-23(25)24(22)21-17-13-11-14-18-21/h11,13-15,17-20H,2-10,12,16,25H2,1H3. The lowest BCUT2D eigenvalue weighted by molar-refractivity contribution is 0.556. The third kappa shape index (κ3) is 6.94. The molecule has 2 rings (SSSR count). The summed E-state index contributed by atoms with van der Waals surface area (Å²) in [5.74, 6) is 0. The molecule has 136 valence electrons. The average molecular weight is 338 g/mol. The van der Waals surface area contributed by atoms with Crippen LogP contribution < -0.4 is 5.73 Å². The number of aryl methyl sites for hydroxylation is 1. The Balaban J connectivity index is 1.72. The lowest BCUT2D eigenvalue weighted by atomic mass is 9.94. The smallest absolute Gasteiger partial charge is 0.0396 e. The first-order chi connectivity index (χ1) is 12.3. The van der Waals surface area contributed by atoms with Crippen molar-refractivity contribution in [3.63, 3.8) is 0 Å². The predicted octanol–water partition coefficient (Wildman–Crippen LogP) is 7.40. The molecule has 1 nitrogen and oxygen atoms in total. The fourth-order valence-corrected chi connectivity index (χ4v) is 3.59. The summed E-state index contributed by atoms with van der Waals surface area (Å²) in [7, 11) is 0. The molecule has 0 fully saturated rings. The molecule has 0 atom stereocenters. The summed E-state index contributed by atoms with van der Waals surface area (Å²) in [6.45, 7) is 2.28. The Bertz CT molecular complexity index is 588. The predicted molar refractivity (Wildman–Crippen MR) is 112 cm³/mol. The van der Waals surface area contributed by atoms with Crippen LogP contribution in [0.4, 0.5) is 5.69 Å². The lowest BCUT2D eigenvalue weighted by Gasteiger charge is -2.13. The van der Waals surface area contributed by atoms with Gasteiger partial charge in [0.05, 0.1) is 0 Å². The van der Waals surface area contributed by atoms with E-state index in [0.717, 1.165) is 12.1 Å². The van der Waals surface area contributed by atoms with Crippen LogP contribution in [0.1, 0.15) is 76.7 Å². The molecule has 0 unspecified atom stereocenters. The van der Waals surface area contributed by atoms with Gasteiger partial charge in [0.15, 0.2) is 0 Å². The minimum absolute atomic E-state index is 0.899. The minimum Gasteiger partial charge on any atom is -0.398 e. The highest BCUT2D eigenvalue weighted by atomic mass is 14.6. The zero-order chi connectivity index (χ0) is 17.7. The van der Waals surface area contributed by atoms with Gasteiger partial charge in [-0.05, 0) is 30.0 Å². The summed E-state index contributed by atoms with van der Waals surface area (Å²) >= 11 is 0. The molecule has 0 aliphatic heterocycles. The Morgan fingerprint density at radius 2 is 1.24 bits per heavy atom. The van der Waals surface area contributed by atoms with Gasteiger partial charge in [0.25, 0.3) is 0 Å². The number of benzene rings is 2. The van der Waals surface area contributed by atoms with Crippen molar-refractivity contribution in [1.29, 1.82) is 0 Å². The quantitative estimate of drug-likeness (QED) is 0.317. The highest BCUT2D eigenvalue weighted by Crippen LogP contribution is 2.30. The van der Waals surface area contributed by atoms with Crippen LogP contribution >= 0.6 is 0 Å². The maximum atomic E-state index is 6.27. The summed E-state index contributed by atoms with van der Waals surface area (Å²) < 4.78 is 0. The van der Waals surface area contributed by atoms with Crippen LogP contribution in [-0.2, 0) is 6.42 Å². The van der Waals surface area contributed by atoms with Crippen molar-refractivity contribution in [2.45, 2.75) is 77.6 Å². The van der Waals surface area contributed by atoms with Crippen LogP contribution in [0.3, 0.4) is 0 Å². The van der Waals surface area contributed by atoms with E-state index in [9.17, 15) is 0 Å². The van der Waals surface area contributed by atoms with Crippen LogP contribution in [0, 0.1) is 0 Å². The molecule has 0 amide bonds. The third-order valence-electron chi connectivity index (χ3n) is 5.05. The molecular formula is C24H35N. The third-order valence-corrected chi connectivity index (χ3v) is 5.05. The number of nitrogens with two attached hydrogens (primary N) is 1. The molecule has 0 bridgehead atoms. The van der Waals surface area contributed by atoms with Crippen molar-refractivity contribution in [2.24, 2.45) is 0 Å². The molecule has 0 saturated carbocycles. The van der Waals surface area contributed by atoms with Gasteiger partial charge in [0, 0.05) is 11.3 Å². The maximum absolute atomic E-state index is 6.27. The van der Waals surface area contributed by atoms with Gasteiger partial charge in [-0.2, -0.15) is 0 Å². The molecule has 2 aromatic carbocycles. The van der Waals surface area contributed by atoms with Crippen molar-refractivity contribution in [3.8, 4) is 11.1 Å². The van der Waals surface area contributed by atoms with Gasteiger partial charge in [-0.25, -0.2) is 0 Å². The molecular weight excluding hydrogens is 302 g/mol. The monoisotopic (exact) mass is 337 g/mol. The van der Waals surface area contributed by atoms with Gasteiger partial charge >= 0.3 is 0 Å². The maximum Gasteiger partial charge on any atom is 0.0396 e. The number of rotatable bonds is 12. The van der Waals surface area contributed by atoms with Crippen LogP contribution in [0.15, 0.2) is 48.5 Å². The van der Waals surface area contributed by atoms with Crippen LogP contribution in [0.2, 0.25) is 0 Å². The van der Waals surface area contributed by atoms with Crippen molar-refractivity contribution in [3.05, 3.63) is 54.1 Å². The average Bonchev–Trinajstić information content (AvgIpc) is 2.64. The van der Waals surface area contributed by atoms with Crippen LogP contribution in [-0.4, -0.2) is 0 Å². The lowest BCUT2D eigenvalue weighted by Crippen LogP contribution is -1.96. The molecule has 2 N–H and O–H groups in total. The highest BCUT2D eigenvalue weighted by molar-refractivity contribution is 5.79. The molecule has 0 heterocycles. The van der Waals surface area contributed by atoms with E-state index in [2.05, 4.69) is 49.4 Å². The normalized spacial score (nSPS) is 10.9. The first-order valence-corrected chi connectivity index (χ1v) is 10.3. The minimum atomic E-state index is 0.899. The van der Waals surface area contributed by atoms with Crippen LogP contribution in [0.25, 0.3) is 11.1 Å². The van der Waals surface area contributed by atoms with E-state index in [4.69, 9.17) is 5.73 Å². The number of nitrogen functional groups attached to an aromatic ring is 1. The molecule has 0 saturated heterocycles. The Morgan fingerprint density at radius 1 is 0.640 bits per heavy atom. The summed E-state index contributed by atoms with van der Waals surface area (Å²) in [5.41, 5.74) is 11.0. The Morgan fingerprint density at radius 3 is 1.88 bits per heavy atom. The summed E-state index contributed by atoms with van der Waals surface area (Å²) in [4.78, 5) is 0. The van der Waals surface area contributed by atoms with Gasteiger partial charge in [-0.15, -0.1) is 0 Å². The zero-order valence-corrected chi connectivity index (χ0v) is 16.0. The Hall–Kier alpha value is -1.76.